The number of para-hydroxylation sites is 2. The van der Waals surface area contributed by atoms with E-state index in [0.29, 0.717) is 11.4 Å². The van der Waals surface area contributed by atoms with E-state index in [9.17, 15) is 9.59 Å². The smallest absolute Gasteiger partial charge is 0.411 e. The van der Waals surface area contributed by atoms with Crippen LogP contribution in [0, 0.1) is 6.92 Å². The number of thiophene rings is 1. The third kappa shape index (κ3) is 4.87. The fourth-order valence-corrected chi connectivity index (χ4v) is 4.63. The highest BCUT2D eigenvalue weighted by Gasteiger charge is 2.33. The van der Waals surface area contributed by atoms with Gasteiger partial charge in [0, 0.05) is 31.1 Å². The van der Waals surface area contributed by atoms with Crippen molar-refractivity contribution in [2.75, 3.05) is 66.1 Å². The van der Waals surface area contributed by atoms with Gasteiger partial charge in [0.1, 0.15) is 10.5 Å². The molecule has 10 heteroatoms. The van der Waals surface area contributed by atoms with Crippen LogP contribution in [0.2, 0.25) is 0 Å². The molecule has 0 bridgehead atoms. The van der Waals surface area contributed by atoms with E-state index in [4.69, 9.17) is 14.5 Å². The number of rotatable bonds is 3. The zero-order chi connectivity index (χ0) is 23.8. The highest BCUT2D eigenvalue weighted by molar-refractivity contribution is 7.09. The average molecular weight is 473 g/mol. The number of benzene rings is 1. The molecule has 3 heterocycles. The third-order valence-electron chi connectivity index (χ3n) is 5.53. The Bertz CT molecular complexity index is 1180. The van der Waals surface area contributed by atoms with Gasteiger partial charge in [0.2, 0.25) is 6.79 Å². The molecule has 0 atom stereocenters. The summed E-state index contributed by atoms with van der Waals surface area (Å²) in [5.41, 5.74) is 1.32. The fraction of sp³-hybridized carbons (Fsp3) is 0.435. The average Bonchev–Trinajstić information content (AvgIpc) is 3.05. The van der Waals surface area contributed by atoms with Gasteiger partial charge in [-0.1, -0.05) is 12.1 Å². The molecule has 33 heavy (non-hydrogen) atoms. The van der Waals surface area contributed by atoms with Crippen molar-refractivity contribution in [3.05, 3.63) is 45.1 Å². The predicted octanol–water partition coefficient (Wildman–Crippen LogP) is 2.08. The van der Waals surface area contributed by atoms with Crippen molar-refractivity contribution in [1.29, 1.82) is 0 Å². The van der Waals surface area contributed by atoms with Gasteiger partial charge in [-0.15, -0.1) is 11.3 Å². The van der Waals surface area contributed by atoms with Gasteiger partial charge in [-0.3, -0.25) is 0 Å². The summed E-state index contributed by atoms with van der Waals surface area (Å²) in [6.07, 6.45) is -1.11. The molecule has 9 nitrogen and oxygen atoms in total. The molecule has 1 aromatic carbocycles. The zero-order valence-electron chi connectivity index (χ0n) is 19.7. The first-order valence-electron chi connectivity index (χ1n) is 10.8. The molecule has 2 aliphatic heterocycles. The first-order valence-corrected chi connectivity index (χ1v) is 11.6. The molecule has 0 radical (unpaired) electrons. The van der Waals surface area contributed by atoms with Crippen LogP contribution in [0.4, 0.5) is 21.0 Å². The van der Waals surface area contributed by atoms with Crippen molar-refractivity contribution in [3.63, 3.8) is 0 Å². The van der Waals surface area contributed by atoms with Crippen molar-refractivity contribution < 1.29 is 23.5 Å². The molecule has 1 aromatic heterocycles. The summed E-state index contributed by atoms with van der Waals surface area (Å²) in [7, 11) is 7.16. The Morgan fingerprint density at radius 3 is 2.48 bits per heavy atom. The van der Waals surface area contributed by atoms with Gasteiger partial charge in [0.05, 0.1) is 37.7 Å². The van der Waals surface area contributed by atoms with Crippen molar-refractivity contribution >= 4 is 40.7 Å². The lowest BCUT2D eigenvalue weighted by Crippen LogP contribution is -2.51. The first-order chi connectivity index (χ1) is 15.6. The van der Waals surface area contributed by atoms with Gasteiger partial charge in [0.25, 0.3) is 0 Å². The molecule has 176 valence electrons. The molecule has 1 saturated heterocycles. The molecule has 0 saturated carbocycles. The standard InChI is InChI=1S/C23H30N5O4S/c1-16-14-17-20(33-16)24-18-8-6-7-9-19(18)27(21(17)26-12-10-25(2)11-13-26)22(29)31-15-32-23(30)28(3,4)5/h6-9,14H,10-13,15H2,1-5H3/q+1. The van der Waals surface area contributed by atoms with E-state index in [1.807, 2.05) is 31.2 Å². The first kappa shape index (κ1) is 23.2. The van der Waals surface area contributed by atoms with Crippen LogP contribution in [-0.2, 0) is 9.47 Å². The van der Waals surface area contributed by atoms with E-state index >= 15 is 0 Å². The minimum absolute atomic E-state index is 0.0286. The summed E-state index contributed by atoms with van der Waals surface area (Å²) in [6, 6.07) is 9.59. The number of fused-ring (bicyclic) bond motifs is 2. The number of aryl methyl sites for hydroxylation is 1. The van der Waals surface area contributed by atoms with E-state index in [-0.39, 0.29) is 4.48 Å². The summed E-state index contributed by atoms with van der Waals surface area (Å²) in [5.74, 6) is 0.749. The maximum atomic E-state index is 13.5. The number of anilines is 1. The Kier molecular flexibility index (Phi) is 6.42. The lowest BCUT2D eigenvalue weighted by molar-refractivity contribution is -0.795. The second kappa shape index (κ2) is 9.12. The largest absolute Gasteiger partial charge is 0.518 e. The SMILES string of the molecule is Cc1cc2c(s1)=Nc1ccccc1N(C(=O)OCOC(=O)[N+](C)(C)C)C=2N1CCN(C)CC1. The molecule has 0 aliphatic carbocycles. The summed E-state index contributed by atoms with van der Waals surface area (Å²) >= 11 is 1.60. The van der Waals surface area contributed by atoms with Crippen LogP contribution in [-0.4, -0.2) is 87.6 Å². The number of ether oxygens (including phenoxy) is 2. The highest BCUT2D eigenvalue weighted by atomic mass is 32.1. The zero-order valence-corrected chi connectivity index (χ0v) is 20.5. The van der Waals surface area contributed by atoms with Crippen molar-refractivity contribution in [1.82, 2.24) is 9.80 Å². The lowest BCUT2D eigenvalue weighted by atomic mass is 10.2. The van der Waals surface area contributed by atoms with Gasteiger partial charge in [-0.05, 0) is 32.2 Å². The summed E-state index contributed by atoms with van der Waals surface area (Å²) < 4.78 is 11.5. The topological polar surface area (TPSA) is 74.7 Å². The summed E-state index contributed by atoms with van der Waals surface area (Å²) in [5, 5.41) is 0.901. The number of hydrogen-bond acceptors (Lipinski definition) is 8. The van der Waals surface area contributed by atoms with Crippen LogP contribution in [0.15, 0.2) is 35.3 Å². The minimum Gasteiger partial charge on any atom is -0.411 e. The number of hydrogen-bond donors (Lipinski definition) is 0. The van der Waals surface area contributed by atoms with E-state index in [1.54, 1.807) is 37.4 Å². The van der Waals surface area contributed by atoms with Crippen LogP contribution in [0.3, 0.4) is 0 Å². The van der Waals surface area contributed by atoms with E-state index < -0.39 is 19.0 Å². The molecule has 0 unspecified atom stereocenters. The van der Waals surface area contributed by atoms with Crippen LogP contribution in [0.5, 0.6) is 0 Å². The van der Waals surface area contributed by atoms with Crippen LogP contribution < -0.4 is 14.8 Å². The Balaban J connectivity index is 1.75. The molecule has 2 aliphatic rings. The molecule has 2 amide bonds. The number of amides is 2. The fourth-order valence-electron chi connectivity index (χ4n) is 3.74. The summed E-state index contributed by atoms with van der Waals surface area (Å²) in [6.45, 7) is 4.87. The predicted molar refractivity (Wildman–Crippen MR) is 127 cm³/mol. The number of likely N-dealkylation sites (N-methyl/N-ethyl adjacent to an activating group) is 1. The quantitative estimate of drug-likeness (QED) is 0.503. The van der Waals surface area contributed by atoms with Crippen LogP contribution in [0.1, 0.15) is 4.88 Å². The van der Waals surface area contributed by atoms with E-state index in [1.165, 1.54) is 0 Å². The van der Waals surface area contributed by atoms with Gasteiger partial charge >= 0.3 is 12.2 Å². The molecular weight excluding hydrogens is 442 g/mol. The number of carbonyl (C=O) groups is 2. The maximum absolute atomic E-state index is 13.5. The highest BCUT2D eigenvalue weighted by Crippen LogP contribution is 2.34. The number of nitrogens with zero attached hydrogens (tertiary/aromatic N) is 5. The van der Waals surface area contributed by atoms with E-state index in [0.717, 1.165) is 46.8 Å². The van der Waals surface area contributed by atoms with Gasteiger partial charge in [0.15, 0.2) is 0 Å². The lowest BCUT2D eigenvalue weighted by Gasteiger charge is -2.38. The maximum Gasteiger partial charge on any atom is 0.518 e. The number of piperazine rings is 1. The normalized spacial score (nSPS) is 16.5. The van der Waals surface area contributed by atoms with Crippen LogP contribution >= 0.6 is 11.3 Å². The Hall–Kier alpha value is -2.95. The van der Waals surface area contributed by atoms with Gasteiger partial charge in [-0.25, -0.2) is 19.2 Å². The third-order valence-corrected chi connectivity index (χ3v) is 6.48. The van der Waals surface area contributed by atoms with Crippen molar-refractivity contribution in [3.8, 4) is 0 Å². The Morgan fingerprint density at radius 1 is 1.09 bits per heavy atom. The molecule has 0 N–H and O–H groups in total. The van der Waals surface area contributed by atoms with Crippen LogP contribution in [0.25, 0.3) is 5.82 Å². The number of carbonyl (C=O) groups excluding carboxylic acids is 2. The van der Waals surface area contributed by atoms with Gasteiger partial charge < -0.3 is 19.3 Å². The molecule has 0 spiro atoms. The van der Waals surface area contributed by atoms with E-state index in [2.05, 4.69) is 22.9 Å². The molecule has 1 fully saturated rings. The molecular formula is C23H30N5O4S+. The summed E-state index contributed by atoms with van der Waals surface area (Å²) in [4.78, 5) is 37.6. The Morgan fingerprint density at radius 2 is 1.79 bits per heavy atom. The van der Waals surface area contributed by atoms with Gasteiger partial charge in [-0.2, -0.15) is 4.79 Å². The van der Waals surface area contributed by atoms with Crippen molar-refractivity contribution in [2.24, 2.45) is 4.99 Å². The Labute approximate surface area is 197 Å². The second-order valence-electron chi connectivity index (χ2n) is 9.08. The second-order valence-corrected chi connectivity index (χ2v) is 10.3. The number of quaternary nitrogens is 1. The molecule has 2 aromatic rings. The molecule has 4 rings (SSSR count). The monoisotopic (exact) mass is 472 g/mol. The van der Waals surface area contributed by atoms with Crippen molar-refractivity contribution in [2.45, 2.75) is 6.92 Å². The minimum atomic E-state index is -0.613.